The Balaban J connectivity index is 1.48. The smallest absolute Gasteiger partial charge is 0.237 e. The molecule has 5 unspecified atom stereocenters. The summed E-state index contributed by atoms with van der Waals surface area (Å²) >= 11 is 0. The molecule has 0 aromatic heterocycles. The molecule has 1 saturated carbocycles. The number of fused-ring (bicyclic) bond motifs is 1. The molecule has 204 valence electrons. The number of nitrogens with one attached hydrogen (secondary N) is 4. The number of nitrogens with zero attached hydrogens (tertiary/aromatic N) is 1. The molecular weight excluding hydrogens is 494 g/mol. The van der Waals surface area contributed by atoms with E-state index in [1.54, 1.807) is 26.1 Å². The second-order valence-corrected chi connectivity index (χ2v) is 12.4. The van der Waals surface area contributed by atoms with Crippen molar-refractivity contribution in [2.45, 2.75) is 69.6 Å². The Labute approximate surface area is 219 Å². The van der Waals surface area contributed by atoms with Crippen LogP contribution in [0.25, 0.3) is 0 Å². The van der Waals surface area contributed by atoms with Gasteiger partial charge in [0.1, 0.15) is 5.75 Å². The number of amides is 2. The van der Waals surface area contributed by atoms with Crippen LogP contribution in [0.3, 0.4) is 0 Å². The summed E-state index contributed by atoms with van der Waals surface area (Å²) in [6.45, 7) is 2.33. The van der Waals surface area contributed by atoms with Gasteiger partial charge < -0.3 is 21.3 Å². The van der Waals surface area contributed by atoms with E-state index >= 15 is 0 Å². The van der Waals surface area contributed by atoms with Gasteiger partial charge in [0.25, 0.3) is 0 Å². The third kappa shape index (κ3) is 6.39. The Morgan fingerprint density at radius 2 is 1.78 bits per heavy atom. The molecule has 4 rings (SSSR count). The fourth-order valence-corrected chi connectivity index (χ4v) is 7.66. The van der Waals surface area contributed by atoms with Crippen molar-refractivity contribution in [1.82, 2.24) is 20.3 Å². The standard InChI is InChI=1S/C26H39N5O5S/c1-17(27-2)25(33)30-23(18-9-5-3-6-10-18)22(32)16-37(35,36)31-14-13-21-24(31)20(15-28-21)26(34)29-19-11-7-4-8-12-19/h4,7-8,11-12,17-18,20-21,23-24,27-28H,3,5-6,9-10,13-16H2,1-2H3,(H,29,34)(H,30,33). The number of Topliss-reactive ketones (excluding diaryl/α,β-unsaturated/α-hetero) is 1. The van der Waals surface area contributed by atoms with Crippen LogP contribution in [0.1, 0.15) is 45.4 Å². The van der Waals surface area contributed by atoms with Gasteiger partial charge in [0, 0.05) is 24.8 Å². The van der Waals surface area contributed by atoms with Crippen LogP contribution in [-0.2, 0) is 24.4 Å². The molecule has 2 aliphatic heterocycles. The first kappa shape index (κ1) is 27.7. The van der Waals surface area contributed by atoms with E-state index in [0.29, 0.717) is 18.7 Å². The summed E-state index contributed by atoms with van der Waals surface area (Å²) in [7, 11) is -2.34. The number of benzene rings is 1. The number of para-hydroxylation sites is 1. The van der Waals surface area contributed by atoms with Crippen LogP contribution in [-0.4, -0.2) is 80.4 Å². The first-order valence-electron chi connectivity index (χ1n) is 13.3. The lowest BCUT2D eigenvalue weighted by Gasteiger charge is -2.32. The number of carbonyl (C=O) groups excluding carboxylic acids is 3. The molecule has 3 aliphatic rings. The molecule has 11 heteroatoms. The van der Waals surface area contributed by atoms with Crippen molar-refractivity contribution < 1.29 is 22.8 Å². The molecular formula is C26H39N5O5S. The van der Waals surface area contributed by atoms with Crippen molar-refractivity contribution in [3.8, 4) is 0 Å². The van der Waals surface area contributed by atoms with Crippen molar-refractivity contribution in [2.75, 3.05) is 31.2 Å². The fraction of sp³-hybridized carbons (Fsp3) is 0.654. The summed E-state index contributed by atoms with van der Waals surface area (Å²) in [6, 6.07) is 7.05. The van der Waals surface area contributed by atoms with Crippen LogP contribution in [0, 0.1) is 11.8 Å². The maximum Gasteiger partial charge on any atom is 0.237 e. The molecule has 0 radical (unpaired) electrons. The molecule has 1 aliphatic carbocycles. The lowest BCUT2D eigenvalue weighted by molar-refractivity contribution is -0.129. The van der Waals surface area contributed by atoms with Crippen LogP contribution in [0.15, 0.2) is 30.3 Å². The van der Waals surface area contributed by atoms with Crippen LogP contribution < -0.4 is 21.3 Å². The molecule has 37 heavy (non-hydrogen) atoms. The van der Waals surface area contributed by atoms with Gasteiger partial charge in [0.15, 0.2) is 5.78 Å². The maximum absolute atomic E-state index is 13.6. The largest absolute Gasteiger partial charge is 0.345 e. The Bertz CT molecular complexity index is 1080. The quantitative estimate of drug-likeness (QED) is 0.350. The summed E-state index contributed by atoms with van der Waals surface area (Å²) in [6.07, 6.45) is 5.13. The first-order valence-corrected chi connectivity index (χ1v) is 14.9. The fourth-order valence-electron chi connectivity index (χ4n) is 5.91. The summed E-state index contributed by atoms with van der Waals surface area (Å²) in [5.41, 5.74) is 0.653. The van der Waals surface area contributed by atoms with E-state index in [1.807, 2.05) is 18.2 Å². The minimum Gasteiger partial charge on any atom is -0.345 e. The lowest BCUT2D eigenvalue weighted by atomic mass is 9.82. The third-order valence-electron chi connectivity index (χ3n) is 8.07. The van der Waals surface area contributed by atoms with E-state index < -0.39 is 45.6 Å². The predicted octanol–water partition coefficient (Wildman–Crippen LogP) is 0.859. The molecule has 10 nitrogen and oxygen atoms in total. The molecule has 1 aromatic rings. The minimum absolute atomic E-state index is 0.0756. The highest BCUT2D eigenvalue weighted by Gasteiger charge is 2.51. The second-order valence-electron chi connectivity index (χ2n) is 10.5. The monoisotopic (exact) mass is 533 g/mol. The molecule has 0 bridgehead atoms. The van der Waals surface area contributed by atoms with Gasteiger partial charge in [-0.3, -0.25) is 14.4 Å². The van der Waals surface area contributed by atoms with E-state index in [-0.39, 0.29) is 30.3 Å². The molecule has 4 N–H and O–H groups in total. The topological polar surface area (TPSA) is 137 Å². The second kappa shape index (κ2) is 12.0. The number of sulfonamides is 1. The minimum atomic E-state index is -4.00. The highest BCUT2D eigenvalue weighted by molar-refractivity contribution is 7.89. The van der Waals surface area contributed by atoms with Crippen molar-refractivity contribution in [3.63, 3.8) is 0 Å². The number of ketones is 1. The van der Waals surface area contributed by atoms with Gasteiger partial charge in [-0.15, -0.1) is 0 Å². The number of hydrogen-bond donors (Lipinski definition) is 4. The molecule has 2 amide bonds. The van der Waals surface area contributed by atoms with Gasteiger partial charge in [0.05, 0.1) is 24.0 Å². The number of anilines is 1. The molecule has 1 aromatic carbocycles. The predicted molar refractivity (Wildman–Crippen MR) is 141 cm³/mol. The molecule has 2 saturated heterocycles. The maximum atomic E-state index is 13.6. The summed E-state index contributed by atoms with van der Waals surface area (Å²) in [5.74, 6) is -2.37. The number of hydrogen-bond acceptors (Lipinski definition) is 7. The van der Waals surface area contributed by atoms with Crippen molar-refractivity contribution in [3.05, 3.63) is 30.3 Å². The molecule has 5 atom stereocenters. The zero-order chi connectivity index (χ0) is 26.6. The Kier molecular flexibility index (Phi) is 8.99. The Hall–Kier alpha value is -2.34. The van der Waals surface area contributed by atoms with Gasteiger partial charge in [-0.2, -0.15) is 4.31 Å². The SMILES string of the molecule is CNC(C)C(=O)NC(C(=O)CS(=O)(=O)N1CCC2NCC(C(=O)Nc3ccccc3)C21)C1CCCCC1. The Morgan fingerprint density at radius 3 is 2.46 bits per heavy atom. The van der Waals surface area contributed by atoms with E-state index in [9.17, 15) is 22.8 Å². The van der Waals surface area contributed by atoms with Gasteiger partial charge in [0.2, 0.25) is 21.8 Å². The normalized spacial score (nSPS) is 26.3. The van der Waals surface area contributed by atoms with Gasteiger partial charge in [-0.05, 0) is 51.3 Å². The molecule has 2 heterocycles. The Morgan fingerprint density at radius 1 is 1.08 bits per heavy atom. The van der Waals surface area contributed by atoms with E-state index in [0.717, 1.165) is 32.1 Å². The molecule has 0 spiro atoms. The van der Waals surface area contributed by atoms with Crippen LogP contribution in [0.2, 0.25) is 0 Å². The summed E-state index contributed by atoms with van der Waals surface area (Å²) in [4.78, 5) is 39.2. The lowest BCUT2D eigenvalue weighted by Crippen LogP contribution is -2.54. The highest BCUT2D eigenvalue weighted by Crippen LogP contribution is 2.33. The van der Waals surface area contributed by atoms with Crippen molar-refractivity contribution in [1.29, 1.82) is 0 Å². The average Bonchev–Trinajstić information content (AvgIpc) is 3.50. The zero-order valence-electron chi connectivity index (χ0n) is 21.6. The van der Waals surface area contributed by atoms with Gasteiger partial charge in [-0.1, -0.05) is 37.5 Å². The summed E-state index contributed by atoms with van der Waals surface area (Å²) < 4.78 is 28.5. The third-order valence-corrected chi connectivity index (χ3v) is 9.86. The number of rotatable bonds is 10. The van der Waals surface area contributed by atoms with E-state index in [2.05, 4.69) is 21.3 Å². The van der Waals surface area contributed by atoms with Gasteiger partial charge in [-0.25, -0.2) is 8.42 Å². The van der Waals surface area contributed by atoms with E-state index in [1.165, 1.54) is 4.31 Å². The van der Waals surface area contributed by atoms with Crippen molar-refractivity contribution in [2.24, 2.45) is 11.8 Å². The van der Waals surface area contributed by atoms with Crippen LogP contribution in [0.4, 0.5) is 5.69 Å². The van der Waals surface area contributed by atoms with Crippen LogP contribution >= 0.6 is 0 Å². The van der Waals surface area contributed by atoms with Gasteiger partial charge >= 0.3 is 0 Å². The number of carbonyl (C=O) groups is 3. The first-order chi connectivity index (χ1) is 17.7. The van der Waals surface area contributed by atoms with Crippen molar-refractivity contribution >= 4 is 33.3 Å². The highest BCUT2D eigenvalue weighted by atomic mass is 32.2. The van der Waals surface area contributed by atoms with E-state index in [4.69, 9.17) is 0 Å². The van der Waals surface area contributed by atoms with Crippen LogP contribution in [0.5, 0.6) is 0 Å². The average molecular weight is 534 g/mol. The zero-order valence-corrected chi connectivity index (χ0v) is 22.4. The molecule has 3 fully saturated rings. The summed E-state index contributed by atoms with van der Waals surface area (Å²) in [5, 5.41) is 11.9. The number of likely N-dealkylation sites (N-methyl/N-ethyl adjacent to an activating group) is 1.